The first-order valence-corrected chi connectivity index (χ1v) is 6.67. The Hall–Kier alpha value is -1.78. The van der Waals surface area contributed by atoms with Crippen LogP contribution in [0.15, 0.2) is 30.9 Å². The van der Waals surface area contributed by atoms with E-state index in [1.807, 2.05) is 35.5 Å². The van der Waals surface area contributed by atoms with Crippen molar-refractivity contribution in [2.45, 2.75) is 44.8 Å². The molecule has 2 aromatic heterocycles. The van der Waals surface area contributed by atoms with Crippen LogP contribution in [0.25, 0.3) is 0 Å². The zero-order chi connectivity index (χ0) is 12.2. The molecule has 2 heterocycles. The average molecular weight is 245 g/mol. The molecule has 0 amide bonds. The third kappa shape index (κ3) is 2.55. The Labute approximate surface area is 107 Å². The van der Waals surface area contributed by atoms with Gasteiger partial charge in [-0.1, -0.05) is 12.8 Å². The zero-order valence-electron chi connectivity index (χ0n) is 10.5. The van der Waals surface area contributed by atoms with Crippen molar-refractivity contribution in [2.75, 3.05) is 5.32 Å². The van der Waals surface area contributed by atoms with E-state index in [0.717, 1.165) is 19.0 Å². The quantitative estimate of drug-likeness (QED) is 0.878. The number of hydrogen-bond donors (Lipinski definition) is 1. The van der Waals surface area contributed by atoms with Gasteiger partial charge < -0.3 is 9.88 Å². The SMILES string of the molecule is c1cnn(CCn2ccnc2NC2CCCC2)c1. The van der Waals surface area contributed by atoms with Crippen LogP contribution in [-0.4, -0.2) is 25.4 Å². The Kier molecular flexibility index (Phi) is 3.30. The van der Waals surface area contributed by atoms with E-state index in [1.54, 1.807) is 0 Å². The number of nitrogens with one attached hydrogen (secondary N) is 1. The highest BCUT2D eigenvalue weighted by Crippen LogP contribution is 2.21. The molecule has 2 aromatic rings. The molecule has 3 rings (SSSR count). The summed E-state index contributed by atoms with van der Waals surface area (Å²) in [6, 6.07) is 2.56. The second kappa shape index (κ2) is 5.25. The largest absolute Gasteiger partial charge is 0.353 e. The molecule has 0 saturated heterocycles. The monoisotopic (exact) mass is 245 g/mol. The van der Waals surface area contributed by atoms with E-state index in [-0.39, 0.29) is 0 Å². The van der Waals surface area contributed by atoms with Crippen molar-refractivity contribution in [1.29, 1.82) is 0 Å². The fourth-order valence-corrected chi connectivity index (χ4v) is 2.53. The van der Waals surface area contributed by atoms with Crippen LogP contribution in [0.1, 0.15) is 25.7 Å². The van der Waals surface area contributed by atoms with Gasteiger partial charge in [-0.15, -0.1) is 0 Å². The van der Waals surface area contributed by atoms with E-state index < -0.39 is 0 Å². The number of imidazole rings is 1. The molecule has 0 bridgehead atoms. The van der Waals surface area contributed by atoms with Gasteiger partial charge in [-0.2, -0.15) is 5.10 Å². The van der Waals surface area contributed by atoms with Crippen molar-refractivity contribution >= 4 is 5.95 Å². The van der Waals surface area contributed by atoms with Gasteiger partial charge in [0.25, 0.3) is 0 Å². The smallest absolute Gasteiger partial charge is 0.203 e. The molecule has 1 aliphatic rings. The number of anilines is 1. The summed E-state index contributed by atoms with van der Waals surface area (Å²) in [5.41, 5.74) is 0. The van der Waals surface area contributed by atoms with E-state index in [1.165, 1.54) is 25.7 Å². The molecule has 0 atom stereocenters. The molecule has 0 spiro atoms. The summed E-state index contributed by atoms with van der Waals surface area (Å²) >= 11 is 0. The summed E-state index contributed by atoms with van der Waals surface area (Å²) in [6.07, 6.45) is 12.9. The van der Waals surface area contributed by atoms with Crippen LogP contribution in [0.2, 0.25) is 0 Å². The minimum atomic E-state index is 0.607. The maximum atomic E-state index is 4.40. The molecule has 1 saturated carbocycles. The summed E-state index contributed by atoms with van der Waals surface area (Å²) in [5, 5.41) is 7.75. The molecule has 5 nitrogen and oxygen atoms in total. The Morgan fingerprint density at radius 1 is 1.17 bits per heavy atom. The first kappa shape index (κ1) is 11.3. The lowest BCUT2D eigenvalue weighted by molar-refractivity contribution is 0.533. The average Bonchev–Trinajstić information content (AvgIpc) is 3.10. The molecule has 5 heteroatoms. The van der Waals surface area contributed by atoms with Gasteiger partial charge in [-0.05, 0) is 18.9 Å². The lowest BCUT2D eigenvalue weighted by atomic mass is 10.2. The standard InChI is InChI=1S/C13H19N5/c1-2-5-12(4-1)16-13-14-7-9-17(13)10-11-18-8-3-6-15-18/h3,6-9,12H,1-2,4-5,10-11H2,(H,14,16). The molecule has 0 aromatic carbocycles. The maximum absolute atomic E-state index is 4.40. The van der Waals surface area contributed by atoms with Crippen LogP contribution >= 0.6 is 0 Å². The Balaban J connectivity index is 1.60. The number of rotatable bonds is 5. The van der Waals surface area contributed by atoms with Gasteiger partial charge in [-0.3, -0.25) is 4.68 Å². The van der Waals surface area contributed by atoms with Gasteiger partial charge in [-0.25, -0.2) is 4.98 Å². The molecule has 0 unspecified atom stereocenters. The van der Waals surface area contributed by atoms with E-state index in [4.69, 9.17) is 0 Å². The highest BCUT2D eigenvalue weighted by atomic mass is 15.3. The van der Waals surface area contributed by atoms with E-state index >= 15 is 0 Å². The first-order valence-electron chi connectivity index (χ1n) is 6.67. The minimum absolute atomic E-state index is 0.607. The van der Waals surface area contributed by atoms with Crippen LogP contribution in [0.5, 0.6) is 0 Å². The fraction of sp³-hybridized carbons (Fsp3) is 0.538. The van der Waals surface area contributed by atoms with Crippen molar-refractivity contribution in [3.05, 3.63) is 30.9 Å². The molecular formula is C13H19N5. The maximum Gasteiger partial charge on any atom is 0.203 e. The van der Waals surface area contributed by atoms with E-state index in [9.17, 15) is 0 Å². The normalized spacial score (nSPS) is 16.2. The lowest BCUT2D eigenvalue weighted by Gasteiger charge is -2.14. The molecule has 0 aliphatic heterocycles. The lowest BCUT2D eigenvalue weighted by Crippen LogP contribution is -2.19. The fourth-order valence-electron chi connectivity index (χ4n) is 2.53. The Morgan fingerprint density at radius 3 is 2.83 bits per heavy atom. The summed E-state index contributed by atoms with van der Waals surface area (Å²) in [4.78, 5) is 4.40. The molecule has 18 heavy (non-hydrogen) atoms. The Bertz CT molecular complexity index is 467. The predicted octanol–water partition coefficient (Wildman–Crippen LogP) is 2.13. The molecule has 96 valence electrons. The van der Waals surface area contributed by atoms with Gasteiger partial charge in [0.15, 0.2) is 0 Å². The number of aryl methyl sites for hydroxylation is 2. The van der Waals surface area contributed by atoms with Gasteiger partial charge in [0.05, 0.1) is 6.54 Å². The third-order valence-electron chi connectivity index (χ3n) is 3.53. The molecule has 1 fully saturated rings. The van der Waals surface area contributed by atoms with Crippen LogP contribution in [0, 0.1) is 0 Å². The second-order valence-corrected chi connectivity index (χ2v) is 4.84. The predicted molar refractivity (Wildman–Crippen MR) is 70.3 cm³/mol. The van der Waals surface area contributed by atoms with Crippen molar-refractivity contribution in [2.24, 2.45) is 0 Å². The van der Waals surface area contributed by atoms with Crippen molar-refractivity contribution < 1.29 is 0 Å². The second-order valence-electron chi connectivity index (χ2n) is 4.84. The highest BCUT2D eigenvalue weighted by Gasteiger charge is 2.16. The minimum Gasteiger partial charge on any atom is -0.353 e. The van der Waals surface area contributed by atoms with Crippen LogP contribution < -0.4 is 5.32 Å². The number of aromatic nitrogens is 4. The topological polar surface area (TPSA) is 47.7 Å². The van der Waals surface area contributed by atoms with Crippen molar-refractivity contribution in [3.8, 4) is 0 Å². The third-order valence-corrected chi connectivity index (χ3v) is 3.53. The summed E-state index contributed by atoms with van der Waals surface area (Å²) in [7, 11) is 0. The number of hydrogen-bond acceptors (Lipinski definition) is 3. The van der Waals surface area contributed by atoms with Gasteiger partial charge in [0, 0.05) is 37.4 Å². The van der Waals surface area contributed by atoms with Crippen molar-refractivity contribution in [3.63, 3.8) is 0 Å². The first-order chi connectivity index (χ1) is 8.92. The van der Waals surface area contributed by atoms with Crippen LogP contribution in [0.4, 0.5) is 5.95 Å². The summed E-state index contributed by atoms with van der Waals surface area (Å²) < 4.78 is 4.11. The summed E-state index contributed by atoms with van der Waals surface area (Å²) in [6.45, 7) is 1.78. The van der Waals surface area contributed by atoms with E-state index in [0.29, 0.717) is 6.04 Å². The summed E-state index contributed by atoms with van der Waals surface area (Å²) in [5.74, 6) is 0.994. The number of nitrogens with zero attached hydrogens (tertiary/aromatic N) is 4. The molecule has 1 aliphatic carbocycles. The van der Waals surface area contributed by atoms with Crippen LogP contribution in [-0.2, 0) is 13.1 Å². The zero-order valence-corrected chi connectivity index (χ0v) is 10.5. The van der Waals surface area contributed by atoms with Gasteiger partial charge in [0.2, 0.25) is 5.95 Å². The van der Waals surface area contributed by atoms with Crippen molar-refractivity contribution in [1.82, 2.24) is 19.3 Å². The van der Waals surface area contributed by atoms with Crippen LogP contribution in [0.3, 0.4) is 0 Å². The highest BCUT2D eigenvalue weighted by molar-refractivity contribution is 5.27. The van der Waals surface area contributed by atoms with E-state index in [2.05, 4.69) is 20.0 Å². The Morgan fingerprint density at radius 2 is 2.06 bits per heavy atom. The van der Waals surface area contributed by atoms with Gasteiger partial charge in [0.1, 0.15) is 0 Å². The molecule has 1 N–H and O–H groups in total. The molecule has 0 radical (unpaired) electrons. The molecular weight excluding hydrogens is 226 g/mol. The van der Waals surface area contributed by atoms with Gasteiger partial charge >= 0.3 is 0 Å².